The van der Waals surface area contributed by atoms with E-state index in [0.29, 0.717) is 5.11 Å². The smallest absolute Gasteiger partial charge is 0.173 e. The third-order valence-corrected chi connectivity index (χ3v) is 5.23. The van der Waals surface area contributed by atoms with Crippen LogP contribution < -0.4 is 5.32 Å². The molecule has 0 aliphatic carbocycles. The summed E-state index contributed by atoms with van der Waals surface area (Å²) in [4.78, 5) is 4.38. The largest absolute Gasteiger partial charge is 0.346 e. The molecule has 140 valence electrons. The minimum atomic E-state index is -0.645. The van der Waals surface area contributed by atoms with Crippen LogP contribution in [0.5, 0.6) is 0 Å². The van der Waals surface area contributed by atoms with Gasteiger partial charge < -0.3 is 10.2 Å². The van der Waals surface area contributed by atoms with Crippen molar-refractivity contribution in [2.75, 3.05) is 31.5 Å². The van der Waals surface area contributed by atoms with Crippen LogP contribution in [-0.4, -0.2) is 50.9 Å². The molecular formula is C18H23F2N5S. The maximum atomic E-state index is 13.8. The SMILES string of the molecule is Cc1nn(C)c(C)c1CN1CCN(C(=S)Nc2ccc(F)cc2F)CC1. The summed E-state index contributed by atoms with van der Waals surface area (Å²) in [5.74, 6) is -1.25. The van der Waals surface area contributed by atoms with E-state index in [1.807, 2.05) is 23.6 Å². The third-order valence-electron chi connectivity index (χ3n) is 4.87. The average Bonchev–Trinajstić information content (AvgIpc) is 2.84. The lowest BCUT2D eigenvalue weighted by Crippen LogP contribution is -2.49. The second-order valence-corrected chi connectivity index (χ2v) is 6.98. The van der Waals surface area contributed by atoms with Crippen molar-refractivity contribution in [3.63, 3.8) is 0 Å². The first-order valence-corrected chi connectivity index (χ1v) is 8.98. The van der Waals surface area contributed by atoms with Crippen LogP contribution in [0.1, 0.15) is 17.0 Å². The molecule has 0 amide bonds. The molecular weight excluding hydrogens is 356 g/mol. The van der Waals surface area contributed by atoms with Crippen LogP contribution in [0.4, 0.5) is 14.5 Å². The maximum absolute atomic E-state index is 13.8. The van der Waals surface area contributed by atoms with E-state index in [2.05, 4.69) is 22.2 Å². The Balaban J connectivity index is 1.55. The zero-order valence-electron chi connectivity index (χ0n) is 15.2. The highest BCUT2D eigenvalue weighted by Crippen LogP contribution is 2.18. The number of benzene rings is 1. The standard InChI is InChI=1S/C18H23F2N5S/c1-12-15(13(2)23(3)22-12)11-24-6-8-25(9-7-24)18(26)21-17-5-4-14(19)10-16(17)20/h4-5,10H,6-9,11H2,1-3H3,(H,21,26). The number of anilines is 1. The second-order valence-electron chi connectivity index (χ2n) is 6.59. The van der Waals surface area contributed by atoms with E-state index in [9.17, 15) is 8.78 Å². The van der Waals surface area contributed by atoms with Crippen LogP contribution in [0, 0.1) is 25.5 Å². The molecule has 1 aliphatic heterocycles. The first kappa shape index (κ1) is 18.7. The Morgan fingerprint density at radius 3 is 2.46 bits per heavy atom. The van der Waals surface area contributed by atoms with E-state index in [1.165, 1.54) is 23.4 Å². The molecule has 3 rings (SSSR count). The number of nitrogens with zero attached hydrogens (tertiary/aromatic N) is 4. The molecule has 1 fully saturated rings. The van der Waals surface area contributed by atoms with E-state index >= 15 is 0 Å². The Bertz CT molecular complexity index is 812. The predicted molar refractivity (Wildman–Crippen MR) is 102 cm³/mol. The van der Waals surface area contributed by atoms with Crippen molar-refractivity contribution < 1.29 is 8.78 Å². The fraction of sp³-hybridized carbons (Fsp3) is 0.444. The van der Waals surface area contributed by atoms with E-state index < -0.39 is 11.6 Å². The zero-order valence-corrected chi connectivity index (χ0v) is 16.0. The summed E-state index contributed by atoms with van der Waals surface area (Å²) in [5, 5.41) is 7.81. The Morgan fingerprint density at radius 1 is 1.19 bits per heavy atom. The molecule has 2 aromatic rings. The van der Waals surface area contributed by atoms with Crippen LogP contribution in [0.3, 0.4) is 0 Å². The lowest BCUT2D eigenvalue weighted by molar-refractivity contribution is 0.176. The van der Waals surface area contributed by atoms with Gasteiger partial charge in [0.1, 0.15) is 11.6 Å². The minimum Gasteiger partial charge on any atom is -0.346 e. The molecule has 5 nitrogen and oxygen atoms in total. The fourth-order valence-electron chi connectivity index (χ4n) is 3.16. The molecule has 0 bridgehead atoms. The summed E-state index contributed by atoms with van der Waals surface area (Å²) in [7, 11) is 1.96. The van der Waals surface area contributed by atoms with Gasteiger partial charge in [-0.3, -0.25) is 9.58 Å². The van der Waals surface area contributed by atoms with Gasteiger partial charge in [0.25, 0.3) is 0 Å². The summed E-state index contributed by atoms with van der Waals surface area (Å²) >= 11 is 5.38. The van der Waals surface area contributed by atoms with Crippen LogP contribution >= 0.6 is 12.2 Å². The molecule has 0 unspecified atom stereocenters. The third kappa shape index (κ3) is 4.02. The molecule has 8 heteroatoms. The molecule has 0 atom stereocenters. The van der Waals surface area contributed by atoms with E-state index in [0.717, 1.165) is 44.5 Å². The molecule has 1 saturated heterocycles. The number of rotatable bonds is 3. The molecule has 1 aromatic carbocycles. The van der Waals surface area contributed by atoms with Crippen molar-refractivity contribution in [1.82, 2.24) is 19.6 Å². The first-order chi connectivity index (χ1) is 12.3. The summed E-state index contributed by atoms with van der Waals surface area (Å²) in [6.07, 6.45) is 0. The van der Waals surface area contributed by atoms with Gasteiger partial charge in [-0.05, 0) is 38.2 Å². The number of hydrogen-bond acceptors (Lipinski definition) is 3. The number of halogens is 2. The van der Waals surface area contributed by atoms with Crippen molar-refractivity contribution in [1.29, 1.82) is 0 Å². The van der Waals surface area contributed by atoms with Gasteiger partial charge in [0.05, 0.1) is 11.4 Å². The van der Waals surface area contributed by atoms with Crippen LogP contribution in [0.25, 0.3) is 0 Å². The zero-order chi connectivity index (χ0) is 18.8. The molecule has 1 aromatic heterocycles. The number of aryl methyl sites for hydroxylation is 2. The van der Waals surface area contributed by atoms with Gasteiger partial charge >= 0.3 is 0 Å². The van der Waals surface area contributed by atoms with Gasteiger partial charge in [-0.25, -0.2) is 8.78 Å². The highest BCUT2D eigenvalue weighted by molar-refractivity contribution is 7.80. The van der Waals surface area contributed by atoms with Gasteiger partial charge in [0.2, 0.25) is 0 Å². The van der Waals surface area contributed by atoms with Crippen molar-refractivity contribution in [2.24, 2.45) is 7.05 Å². The Kier molecular flexibility index (Phi) is 5.52. The molecule has 2 heterocycles. The van der Waals surface area contributed by atoms with E-state index in [4.69, 9.17) is 12.2 Å². The minimum absolute atomic E-state index is 0.195. The fourth-order valence-corrected chi connectivity index (χ4v) is 3.46. The monoisotopic (exact) mass is 379 g/mol. The van der Waals surface area contributed by atoms with E-state index in [1.54, 1.807) is 0 Å². The number of aromatic nitrogens is 2. The number of nitrogens with one attached hydrogen (secondary N) is 1. The van der Waals surface area contributed by atoms with Gasteiger partial charge in [-0.1, -0.05) is 0 Å². The summed E-state index contributed by atoms with van der Waals surface area (Å²) in [6.45, 7) is 8.23. The number of thiocarbonyl (C=S) groups is 1. The van der Waals surface area contributed by atoms with Gasteiger partial charge in [-0.15, -0.1) is 0 Å². The number of piperazine rings is 1. The molecule has 1 aliphatic rings. The Morgan fingerprint density at radius 2 is 1.88 bits per heavy atom. The summed E-state index contributed by atoms with van der Waals surface area (Å²) in [6, 6.07) is 3.42. The van der Waals surface area contributed by atoms with Crippen molar-refractivity contribution in [3.8, 4) is 0 Å². The summed E-state index contributed by atoms with van der Waals surface area (Å²) in [5.41, 5.74) is 3.72. The van der Waals surface area contributed by atoms with Crippen molar-refractivity contribution in [2.45, 2.75) is 20.4 Å². The van der Waals surface area contributed by atoms with Crippen LogP contribution in [0.15, 0.2) is 18.2 Å². The molecule has 26 heavy (non-hydrogen) atoms. The van der Waals surface area contributed by atoms with E-state index in [-0.39, 0.29) is 5.69 Å². The predicted octanol–water partition coefficient (Wildman–Crippen LogP) is 2.83. The molecule has 1 N–H and O–H groups in total. The maximum Gasteiger partial charge on any atom is 0.173 e. The normalized spacial score (nSPS) is 15.3. The number of hydrogen-bond donors (Lipinski definition) is 1. The lowest BCUT2D eigenvalue weighted by atomic mass is 10.1. The highest BCUT2D eigenvalue weighted by atomic mass is 32.1. The lowest BCUT2D eigenvalue weighted by Gasteiger charge is -2.36. The van der Waals surface area contributed by atoms with Gasteiger partial charge in [0.15, 0.2) is 5.11 Å². The van der Waals surface area contributed by atoms with Crippen LogP contribution in [-0.2, 0) is 13.6 Å². The van der Waals surface area contributed by atoms with Gasteiger partial charge in [-0.2, -0.15) is 5.10 Å². The molecule has 0 saturated carbocycles. The summed E-state index contributed by atoms with van der Waals surface area (Å²) < 4.78 is 28.7. The Hall–Kier alpha value is -2.06. The quantitative estimate of drug-likeness (QED) is 0.830. The molecule has 0 radical (unpaired) electrons. The van der Waals surface area contributed by atoms with Crippen molar-refractivity contribution >= 4 is 23.0 Å². The van der Waals surface area contributed by atoms with Crippen LogP contribution in [0.2, 0.25) is 0 Å². The Labute approximate surface area is 157 Å². The highest BCUT2D eigenvalue weighted by Gasteiger charge is 2.21. The molecule has 0 spiro atoms. The first-order valence-electron chi connectivity index (χ1n) is 8.57. The topological polar surface area (TPSA) is 36.3 Å². The van der Waals surface area contributed by atoms with Crippen molar-refractivity contribution in [3.05, 3.63) is 46.8 Å². The van der Waals surface area contributed by atoms with Gasteiger partial charge in [0, 0.05) is 57.1 Å². The average molecular weight is 379 g/mol. The second kappa shape index (κ2) is 7.67.